The molecular weight excluding hydrogens is 364 g/mol. The predicted molar refractivity (Wildman–Crippen MR) is 115 cm³/mol. The van der Waals surface area contributed by atoms with Crippen LogP contribution in [0.1, 0.15) is 43.7 Å². The molecule has 2 aromatic rings. The summed E-state index contributed by atoms with van der Waals surface area (Å²) in [7, 11) is 2.38. The van der Waals surface area contributed by atoms with Crippen LogP contribution in [0.15, 0.2) is 64.1 Å². The van der Waals surface area contributed by atoms with Crippen molar-refractivity contribution in [1.82, 2.24) is 0 Å². The van der Waals surface area contributed by atoms with Crippen LogP contribution in [0.3, 0.4) is 0 Å². The zero-order chi connectivity index (χ0) is 18.4. The summed E-state index contributed by atoms with van der Waals surface area (Å²) in [5.41, 5.74) is 7.74. The summed E-state index contributed by atoms with van der Waals surface area (Å²) >= 11 is -2.93. The molecule has 0 atom stereocenters. The van der Waals surface area contributed by atoms with Gasteiger partial charge in [-0.25, -0.2) is 0 Å². The van der Waals surface area contributed by atoms with Gasteiger partial charge in [0.15, 0.2) is 0 Å². The molecule has 0 saturated carbocycles. The van der Waals surface area contributed by atoms with E-state index in [0.717, 1.165) is 6.42 Å². The third-order valence-corrected chi connectivity index (χ3v) is 17.1. The number of allylic oxidation sites excluding steroid dienone is 4. The molecule has 0 nitrogen and oxygen atoms in total. The summed E-state index contributed by atoms with van der Waals surface area (Å²) in [5, 5.41) is 5.31. The van der Waals surface area contributed by atoms with Crippen LogP contribution in [0.25, 0.3) is 11.1 Å². The Morgan fingerprint density at radius 1 is 1.00 bits per heavy atom. The number of fused-ring (bicyclic) bond motifs is 3. The van der Waals surface area contributed by atoms with Gasteiger partial charge in [0, 0.05) is 0 Å². The van der Waals surface area contributed by atoms with Gasteiger partial charge in [-0.3, -0.25) is 0 Å². The van der Waals surface area contributed by atoms with Crippen molar-refractivity contribution in [2.75, 3.05) is 0 Å². The van der Waals surface area contributed by atoms with Crippen molar-refractivity contribution in [3.05, 3.63) is 75.2 Å². The van der Waals surface area contributed by atoms with E-state index in [1.54, 1.807) is 15.0 Å². The molecule has 2 heteroatoms. The third kappa shape index (κ3) is 2.85. The molecule has 134 valence electrons. The van der Waals surface area contributed by atoms with Gasteiger partial charge in [0.1, 0.15) is 0 Å². The topological polar surface area (TPSA) is 0 Å². The summed E-state index contributed by atoms with van der Waals surface area (Å²) in [4.78, 5) is 0. The molecule has 0 unspecified atom stereocenters. The van der Waals surface area contributed by atoms with Gasteiger partial charge in [0.2, 0.25) is 0 Å². The molecule has 26 heavy (non-hydrogen) atoms. The second kappa shape index (κ2) is 6.48. The molecular formula is C24H30SiTi. The van der Waals surface area contributed by atoms with Crippen LogP contribution in [0.5, 0.6) is 0 Å². The molecule has 2 aliphatic rings. The first-order chi connectivity index (χ1) is 12.4. The second-order valence-electron chi connectivity index (χ2n) is 9.07. The van der Waals surface area contributed by atoms with E-state index in [0.29, 0.717) is 0 Å². The number of hydrogen-bond donors (Lipinski definition) is 0. The normalized spacial score (nSPS) is 16.2. The number of rotatable bonds is 5. The van der Waals surface area contributed by atoms with E-state index in [9.17, 15) is 0 Å². The summed E-state index contributed by atoms with van der Waals surface area (Å²) in [6.07, 6.45) is 11.0. The Balaban J connectivity index is 1.87. The van der Waals surface area contributed by atoms with E-state index in [2.05, 4.69) is 79.6 Å². The Morgan fingerprint density at radius 3 is 2.58 bits per heavy atom. The predicted octanol–water partition coefficient (Wildman–Crippen LogP) is 5.62. The fourth-order valence-electron chi connectivity index (χ4n) is 5.07. The summed E-state index contributed by atoms with van der Waals surface area (Å²) in [5.74, 6) is 0. The zero-order valence-electron chi connectivity index (χ0n) is 16.4. The number of benzene rings is 2. The van der Waals surface area contributed by atoms with Gasteiger partial charge >= 0.3 is 161 Å². The maximum absolute atomic E-state index is 2.93. The van der Waals surface area contributed by atoms with Crippen molar-refractivity contribution in [2.24, 2.45) is 0 Å². The number of unbranched alkanes of at least 4 members (excludes halogenated alkanes) is 1. The number of hydrogen-bond acceptors (Lipinski definition) is 0. The molecule has 2 aromatic carbocycles. The molecule has 0 spiro atoms. The van der Waals surface area contributed by atoms with Crippen molar-refractivity contribution >= 4 is 11.5 Å². The van der Waals surface area contributed by atoms with Gasteiger partial charge in [0.25, 0.3) is 0 Å². The molecule has 0 amide bonds. The molecule has 0 N–H and O–H groups in total. The molecule has 0 aliphatic heterocycles. The van der Waals surface area contributed by atoms with E-state index >= 15 is 0 Å². The Bertz CT molecular complexity index is 1000. The molecule has 0 fully saturated rings. The van der Waals surface area contributed by atoms with Crippen molar-refractivity contribution in [2.45, 2.75) is 49.5 Å². The molecule has 0 bridgehead atoms. The van der Waals surface area contributed by atoms with E-state index in [-0.39, 0.29) is 0 Å². The standard InChI is InChI=1S/C13H9.C9H13.2CH3.H2Si.Ti/c1-3-7-12-10(5-1)9-11-6-2-4-8-13(11)12;1-2-3-6-9-7-4-5-8-9;;;;/h1-5,7-8H,9H2;4,7H,2-3,5-6H2,1H3;2*1H3;1H2;. The first kappa shape index (κ1) is 18.2. The average molecular weight is 394 g/mol. The molecule has 0 saturated heterocycles. The Labute approximate surface area is 160 Å². The maximum atomic E-state index is 2.66. The van der Waals surface area contributed by atoms with Crippen molar-refractivity contribution in [3.63, 3.8) is 0 Å². The summed E-state index contributed by atoms with van der Waals surface area (Å²) < 4.78 is 3.53. The van der Waals surface area contributed by atoms with E-state index < -0.39 is 14.0 Å². The van der Waals surface area contributed by atoms with Crippen molar-refractivity contribution in [1.29, 1.82) is 0 Å². The van der Waals surface area contributed by atoms with Crippen LogP contribution >= 0.6 is 0 Å². The van der Waals surface area contributed by atoms with Gasteiger partial charge in [0.05, 0.1) is 0 Å². The van der Waals surface area contributed by atoms with E-state index in [4.69, 9.17) is 0 Å². The van der Waals surface area contributed by atoms with Gasteiger partial charge in [-0.1, -0.05) is 0 Å². The molecule has 0 heterocycles. The van der Waals surface area contributed by atoms with Crippen LogP contribution in [-0.2, 0) is 20.5 Å². The van der Waals surface area contributed by atoms with Crippen LogP contribution in [-0.4, -0.2) is 7.63 Å². The van der Waals surface area contributed by atoms with Crippen LogP contribution in [0.2, 0.25) is 10.5 Å². The monoisotopic (exact) mass is 394 g/mol. The van der Waals surface area contributed by atoms with Crippen LogP contribution in [0, 0.1) is 0 Å². The fourth-order valence-corrected chi connectivity index (χ4v) is 14.5. The van der Waals surface area contributed by atoms with Crippen LogP contribution in [0.4, 0.5) is 0 Å². The second-order valence-corrected chi connectivity index (χ2v) is 28.0. The molecule has 4 rings (SSSR count). The van der Waals surface area contributed by atoms with E-state index in [1.165, 1.54) is 42.4 Å². The van der Waals surface area contributed by atoms with Gasteiger partial charge in [-0.05, 0) is 0 Å². The van der Waals surface area contributed by atoms with E-state index in [1.807, 2.05) is 3.88 Å². The minimum absolute atomic E-state index is 1.12. The van der Waals surface area contributed by atoms with Gasteiger partial charge in [-0.2, -0.15) is 0 Å². The Kier molecular flexibility index (Phi) is 4.54. The average Bonchev–Trinajstić information content (AvgIpc) is 3.24. The first-order valence-electron chi connectivity index (χ1n) is 10.1. The molecule has 0 radical (unpaired) electrons. The molecule has 0 aromatic heterocycles. The SMILES string of the molecule is CCCCC1=[C]([Ti]([CH3])([CH3])(=[SiH2])[c]2cccc3c2Cc2ccccc2-3)CC=C1. The fraction of sp³-hybridized carbons (Fsp3) is 0.333. The summed E-state index contributed by atoms with van der Waals surface area (Å²) in [6.45, 7) is 2.30. The minimum atomic E-state index is -2.93. The van der Waals surface area contributed by atoms with Gasteiger partial charge in [-0.15, -0.1) is 0 Å². The quantitative estimate of drug-likeness (QED) is 0.493. The Morgan fingerprint density at radius 2 is 1.77 bits per heavy atom. The van der Waals surface area contributed by atoms with Crippen molar-refractivity contribution in [3.8, 4) is 11.1 Å². The van der Waals surface area contributed by atoms with Crippen molar-refractivity contribution < 1.29 is 14.0 Å². The summed E-state index contributed by atoms with van der Waals surface area (Å²) in [6, 6.07) is 16.1. The Hall–Kier alpha value is -1.15. The van der Waals surface area contributed by atoms with Gasteiger partial charge < -0.3 is 0 Å². The van der Waals surface area contributed by atoms with Crippen LogP contribution < -0.4 is 3.87 Å². The third-order valence-electron chi connectivity index (χ3n) is 6.51. The first-order valence-corrected chi connectivity index (χ1v) is 18.8. The molecule has 2 aliphatic carbocycles. The zero-order valence-corrected chi connectivity index (χ0v) is 19.4.